The summed E-state index contributed by atoms with van der Waals surface area (Å²) in [7, 11) is 4.76. The maximum Gasteiger partial charge on any atom is 0.325 e. The summed E-state index contributed by atoms with van der Waals surface area (Å²) in [4.78, 5) is 40.8. The predicted octanol–water partition coefficient (Wildman–Crippen LogP) is 2.16. The second kappa shape index (κ2) is 8.31. The highest BCUT2D eigenvalue weighted by atomic mass is 16.5. The monoisotopic (exact) mass is 403 g/mol. The predicted molar refractivity (Wildman–Crippen MR) is 107 cm³/mol. The molecule has 8 nitrogen and oxygen atoms in total. The van der Waals surface area contributed by atoms with Gasteiger partial charge < -0.3 is 19.7 Å². The van der Waals surface area contributed by atoms with Gasteiger partial charge in [0.15, 0.2) is 11.5 Å². The van der Waals surface area contributed by atoms with Crippen molar-refractivity contribution in [2.45, 2.75) is 44.7 Å². The number of benzene rings is 1. The summed E-state index contributed by atoms with van der Waals surface area (Å²) in [5, 5.41) is 2.88. The third-order valence-corrected chi connectivity index (χ3v) is 6.09. The van der Waals surface area contributed by atoms with E-state index >= 15 is 0 Å². The number of urea groups is 1. The van der Waals surface area contributed by atoms with Crippen LogP contribution in [0, 0.1) is 5.92 Å². The normalized spacial score (nSPS) is 23.9. The molecule has 2 aliphatic rings. The van der Waals surface area contributed by atoms with Crippen molar-refractivity contribution in [1.82, 2.24) is 15.1 Å². The zero-order chi connectivity index (χ0) is 21.2. The van der Waals surface area contributed by atoms with Gasteiger partial charge in [0.05, 0.1) is 14.2 Å². The fraction of sp³-hybridized carbons (Fsp3) is 0.571. The van der Waals surface area contributed by atoms with Crippen LogP contribution in [0.3, 0.4) is 0 Å². The lowest BCUT2D eigenvalue weighted by atomic mass is 9.73. The molecule has 2 atom stereocenters. The quantitative estimate of drug-likeness (QED) is 0.736. The van der Waals surface area contributed by atoms with E-state index < -0.39 is 11.6 Å². The van der Waals surface area contributed by atoms with E-state index in [0.29, 0.717) is 24.5 Å². The Labute approximate surface area is 171 Å². The summed E-state index contributed by atoms with van der Waals surface area (Å²) in [6.45, 7) is 2.05. The lowest BCUT2D eigenvalue weighted by Gasteiger charge is -2.36. The van der Waals surface area contributed by atoms with E-state index in [1.54, 1.807) is 33.4 Å². The molecule has 29 heavy (non-hydrogen) atoms. The Morgan fingerprint density at radius 1 is 1.24 bits per heavy atom. The zero-order valence-electron chi connectivity index (χ0n) is 17.5. The molecule has 4 amide bonds. The van der Waals surface area contributed by atoms with E-state index in [1.165, 1.54) is 4.90 Å². The van der Waals surface area contributed by atoms with Crippen molar-refractivity contribution >= 4 is 17.8 Å². The average Bonchev–Trinajstić information content (AvgIpc) is 2.94. The van der Waals surface area contributed by atoms with Crippen LogP contribution in [0.4, 0.5) is 4.79 Å². The van der Waals surface area contributed by atoms with E-state index in [0.717, 1.165) is 29.7 Å². The number of likely N-dealkylation sites (N-methyl/N-ethyl adjacent to an activating group) is 1. The lowest BCUT2D eigenvalue weighted by molar-refractivity contribution is -0.140. The summed E-state index contributed by atoms with van der Waals surface area (Å²) < 4.78 is 10.5. The van der Waals surface area contributed by atoms with Crippen LogP contribution in [0.1, 0.15) is 38.2 Å². The first-order chi connectivity index (χ1) is 13.8. The first-order valence-electron chi connectivity index (χ1n) is 9.91. The molecular formula is C21H29N3O5. The fourth-order valence-electron chi connectivity index (χ4n) is 4.24. The first-order valence-corrected chi connectivity index (χ1v) is 9.91. The van der Waals surface area contributed by atoms with Gasteiger partial charge in [-0.25, -0.2) is 4.79 Å². The van der Waals surface area contributed by atoms with Crippen LogP contribution in [-0.2, 0) is 16.1 Å². The summed E-state index contributed by atoms with van der Waals surface area (Å²) in [5.74, 6) is 0.674. The summed E-state index contributed by atoms with van der Waals surface area (Å²) in [5.41, 5.74) is 0.00503. The molecule has 0 unspecified atom stereocenters. The average molecular weight is 403 g/mol. The number of imide groups is 1. The van der Waals surface area contributed by atoms with Crippen molar-refractivity contribution in [3.8, 4) is 11.5 Å². The van der Waals surface area contributed by atoms with Crippen LogP contribution < -0.4 is 14.8 Å². The topological polar surface area (TPSA) is 88.2 Å². The van der Waals surface area contributed by atoms with Crippen LogP contribution in [-0.4, -0.2) is 61.0 Å². The van der Waals surface area contributed by atoms with Crippen molar-refractivity contribution in [3.05, 3.63) is 23.8 Å². The molecule has 1 N–H and O–H groups in total. The molecule has 1 aliphatic heterocycles. The molecular weight excluding hydrogens is 374 g/mol. The van der Waals surface area contributed by atoms with E-state index in [2.05, 4.69) is 5.32 Å². The smallest absolute Gasteiger partial charge is 0.325 e. The number of nitrogens with zero attached hydrogens (tertiary/aromatic N) is 2. The minimum Gasteiger partial charge on any atom is -0.493 e. The molecule has 2 fully saturated rings. The first kappa shape index (κ1) is 21.0. The summed E-state index contributed by atoms with van der Waals surface area (Å²) in [6.07, 6.45) is 3.48. The van der Waals surface area contributed by atoms with Gasteiger partial charge in [0, 0.05) is 13.6 Å². The highest BCUT2D eigenvalue weighted by Gasteiger charge is 2.55. The molecule has 0 aromatic heterocycles. The van der Waals surface area contributed by atoms with E-state index in [1.807, 2.05) is 13.0 Å². The summed E-state index contributed by atoms with van der Waals surface area (Å²) >= 11 is 0. The zero-order valence-corrected chi connectivity index (χ0v) is 17.5. The Morgan fingerprint density at radius 3 is 2.62 bits per heavy atom. The van der Waals surface area contributed by atoms with Gasteiger partial charge in [0.25, 0.3) is 5.91 Å². The van der Waals surface area contributed by atoms with Gasteiger partial charge in [-0.3, -0.25) is 14.5 Å². The Kier molecular flexibility index (Phi) is 6.00. The fourth-order valence-corrected chi connectivity index (χ4v) is 4.24. The molecule has 8 heteroatoms. The number of ether oxygens (including phenoxy) is 2. The van der Waals surface area contributed by atoms with E-state index in [9.17, 15) is 14.4 Å². The molecule has 1 aromatic carbocycles. The number of methoxy groups -OCH3 is 2. The molecule has 0 bridgehead atoms. The Bertz CT molecular complexity index is 812. The highest BCUT2D eigenvalue weighted by Crippen LogP contribution is 2.38. The van der Waals surface area contributed by atoms with Crippen LogP contribution in [0.15, 0.2) is 18.2 Å². The minimum absolute atomic E-state index is 0.0669. The van der Waals surface area contributed by atoms with Gasteiger partial charge in [0.2, 0.25) is 5.91 Å². The molecule has 1 aliphatic carbocycles. The Hall–Kier alpha value is -2.77. The second-order valence-corrected chi connectivity index (χ2v) is 7.88. The van der Waals surface area contributed by atoms with Gasteiger partial charge in [-0.2, -0.15) is 0 Å². The number of amides is 4. The Morgan fingerprint density at radius 2 is 1.97 bits per heavy atom. The number of hydrogen-bond donors (Lipinski definition) is 1. The van der Waals surface area contributed by atoms with Gasteiger partial charge >= 0.3 is 6.03 Å². The third-order valence-electron chi connectivity index (χ3n) is 6.09. The molecule has 1 saturated carbocycles. The van der Waals surface area contributed by atoms with Gasteiger partial charge in [-0.15, -0.1) is 0 Å². The van der Waals surface area contributed by atoms with Crippen LogP contribution in [0.2, 0.25) is 0 Å². The van der Waals surface area contributed by atoms with Gasteiger partial charge in [0.1, 0.15) is 12.1 Å². The largest absolute Gasteiger partial charge is 0.493 e. The molecule has 158 valence electrons. The molecule has 3 rings (SSSR count). The number of carbonyl (C=O) groups excluding carboxylic acids is 3. The molecule has 0 radical (unpaired) electrons. The molecule has 1 saturated heterocycles. The number of carbonyl (C=O) groups is 3. The van der Waals surface area contributed by atoms with Gasteiger partial charge in [-0.1, -0.05) is 25.8 Å². The Balaban J connectivity index is 1.67. The van der Waals surface area contributed by atoms with Crippen molar-refractivity contribution in [2.24, 2.45) is 5.92 Å². The SMILES string of the molecule is COc1ccc(CN(C)C(=O)CN2C(=O)N[C@@]3(CCCC[C@H]3C)C2=O)cc1OC. The highest BCUT2D eigenvalue weighted by molar-refractivity contribution is 6.09. The van der Waals surface area contributed by atoms with Crippen molar-refractivity contribution in [2.75, 3.05) is 27.8 Å². The molecule has 1 heterocycles. The van der Waals surface area contributed by atoms with E-state index in [4.69, 9.17) is 9.47 Å². The molecule has 1 aromatic rings. The maximum atomic E-state index is 13.0. The third kappa shape index (κ3) is 3.88. The van der Waals surface area contributed by atoms with Crippen molar-refractivity contribution in [1.29, 1.82) is 0 Å². The van der Waals surface area contributed by atoms with Crippen molar-refractivity contribution in [3.63, 3.8) is 0 Å². The standard InChI is InChI=1S/C21H29N3O5/c1-14-7-5-6-10-21(14)19(26)24(20(27)22-21)13-18(25)23(2)12-15-8-9-16(28-3)17(11-15)29-4/h8-9,11,14H,5-7,10,12-13H2,1-4H3,(H,22,27)/t14-,21-/m1/s1. The van der Waals surface area contributed by atoms with Gasteiger partial charge in [-0.05, 0) is 36.5 Å². The van der Waals surface area contributed by atoms with E-state index in [-0.39, 0.29) is 24.3 Å². The summed E-state index contributed by atoms with van der Waals surface area (Å²) in [6, 6.07) is 4.95. The van der Waals surface area contributed by atoms with Crippen LogP contribution >= 0.6 is 0 Å². The van der Waals surface area contributed by atoms with Crippen LogP contribution in [0.5, 0.6) is 11.5 Å². The minimum atomic E-state index is -0.850. The van der Waals surface area contributed by atoms with Crippen molar-refractivity contribution < 1.29 is 23.9 Å². The van der Waals surface area contributed by atoms with Crippen LogP contribution in [0.25, 0.3) is 0 Å². The number of nitrogens with one attached hydrogen (secondary N) is 1. The number of rotatable bonds is 6. The maximum absolute atomic E-state index is 13.0. The lowest BCUT2D eigenvalue weighted by Crippen LogP contribution is -2.54. The second-order valence-electron chi connectivity index (χ2n) is 7.88. The molecule has 1 spiro atoms. The number of hydrogen-bond acceptors (Lipinski definition) is 5.